The third kappa shape index (κ3) is 2.40. The van der Waals surface area contributed by atoms with Crippen molar-refractivity contribution in [1.29, 1.82) is 0 Å². The molecule has 1 aromatic heterocycles. The molecular formula is C15H15N3O3. The topological polar surface area (TPSA) is 95.1 Å². The van der Waals surface area contributed by atoms with Crippen molar-refractivity contribution in [1.82, 2.24) is 15.3 Å². The number of benzene rings is 1. The van der Waals surface area contributed by atoms with Gasteiger partial charge in [0.15, 0.2) is 0 Å². The standard InChI is InChI=1S/C15H15N3O3/c1-8-16-7-13(17-8)14(19)18-12-6-11(15(20)21)9-4-2-3-5-10(9)12/h2-5,7,11-12H,6H2,1H3,(H,16,17)(H,18,19)(H,20,21). The second kappa shape index (κ2) is 5.05. The molecule has 6 nitrogen and oxygen atoms in total. The normalized spacial score (nSPS) is 20.0. The van der Waals surface area contributed by atoms with Crippen molar-refractivity contribution in [2.75, 3.05) is 0 Å². The van der Waals surface area contributed by atoms with Crippen molar-refractivity contribution in [3.8, 4) is 0 Å². The van der Waals surface area contributed by atoms with Crippen molar-refractivity contribution in [3.63, 3.8) is 0 Å². The highest BCUT2D eigenvalue weighted by Gasteiger charge is 2.36. The van der Waals surface area contributed by atoms with Gasteiger partial charge >= 0.3 is 5.97 Å². The molecule has 6 heteroatoms. The van der Waals surface area contributed by atoms with E-state index in [0.29, 0.717) is 17.9 Å². The summed E-state index contributed by atoms with van der Waals surface area (Å²) in [5.74, 6) is -1.05. The summed E-state index contributed by atoms with van der Waals surface area (Å²) < 4.78 is 0. The van der Waals surface area contributed by atoms with E-state index < -0.39 is 11.9 Å². The predicted octanol–water partition coefficient (Wildman–Crippen LogP) is 1.76. The minimum Gasteiger partial charge on any atom is -0.481 e. The number of carboxylic acids is 1. The first kappa shape index (κ1) is 13.4. The monoisotopic (exact) mass is 285 g/mol. The van der Waals surface area contributed by atoms with Crippen molar-refractivity contribution in [2.24, 2.45) is 0 Å². The number of hydrogen-bond donors (Lipinski definition) is 3. The molecule has 108 valence electrons. The quantitative estimate of drug-likeness (QED) is 0.800. The number of hydrogen-bond acceptors (Lipinski definition) is 3. The highest BCUT2D eigenvalue weighted by atomic mass is 16.4. The predicted molar refractivity (Wildman–Crippen MR) is 75.0 cm³/mol. The van der Waals surface area contributed by atoms with E-state index >= 15 is 0 Å². The van der Waals surface area contributed by atoms with Gasteiger partial charge in [-0.05, 0) is 24.5 Å². The Morgan fingerprint density at radius 2 is 2.05 bits per heavy atom. The first-order valence-electron chi connectivity index (χ1n) is 6.70. The first-order chi connectivity index (χ1) is 10.1. The molecule has 1 aromatic carbocycles. The van der Waals surface area contributed by atoms with Crippen molar-refractivity contribution in [2.45, 2.75) is 25.3 Å². The molecule has 1 aliphatic carbocycles. The summed E-state index contributed by atoms with van der Waals surface area (Å²) in [6.45, 7) is 1.77. The lowest BCUT2D eigenvalue weighted by molar-refractivity contribution is -0.138. The van der Waals surface area contributed by atoms with Gasteiger partial charge in [-0.3, -0.25) is 9.59 Å². The number of nitrogens with one attached hydrogen (secondary N) is 2. The van der Waals surface area contributed by atoms with E-state index in [1.54, 1.807) is 13.0 Å². The van der Waals surface area contributed by atoms with Crippen molar-refractivity contribution >= 4 is 11.9 Å². The third-order valence-electron chi connectivity index (χ3n) is 3.77. The van der Waals surface area contributed by atoms with Gasteiger partial charge in [0.1, 0.15) is 11.5 Å². The van der Waals surface area contributed by atoms with Crippen molar-refractivity contribution < 1.29 is 14.7 Å². The Hall–Kier alpha value is -2.63. The first-order valence-corrected chi connectivity index (χ1v) is 6.70. The van der Waals surface area contributed by atoms with Crippen LogP contribution in [-0.4, -0.2) is 27.0 Å². The molecule has 0 fully saturated rings. The molecule has 0 radical (unpaired) electrons. The van der Waals surface area contributed by atoms with E-state index in [0.717, 1.165) is 11.1 Å². The zero-order valence-corrected chi connectivity index (χ0v) is 11.5. The second-order valence-corrected chi connectivity index (χ2v) is 5.16. The number of aromatic nitrogens is 2. The number of imidazole rings is 1. The molecule has 2 aromatic rings. The Balaban J connectivity index is 1.84. The summed E-state index contributed by atoms with van der Waals surface area (Å²) >= 11 is 0. The van der Waals surface area contributed by atoms with Gasteiger partial charge in [-0.15, -0.1) is 0 Å². The van der Waals surface area contributed by atoms with Crippen LogP contribution in [0.1, 0.15) is 45.8 Å². The molecule has 3 rings (SSSR count). The van der Waals surface area contributed by atoms with E-state index in [4.69, 9.17) is 0 Å². The Labute approximate surface area is 121 Å². The fourth-order valence-corrected chi connectivity index (χ4v) is 2.78. The molecular weight excluding hydrogens is 270 g/mol. The fraction of sp³-hybridized carbons (Fsp3) is 0.267. The van der Waals surface area contributed by atoms with Crippen LogP contribution >= 0.6 is 0 Å². The molecule has 1 heterocycles. The SMILES string of the molecule is Cc1ncc(C(=O)NC2CC(C(=O)O)c3ccccc32)[nH]1. The number of carbonyl (C=O) groups excluding carboxylic acids is 1. The van der Waals surface area contributed by atoms with Gasteiger partial charge in [-0.25, -0.2) is 4.98 Å². The van der Waals surface area contributed by atoms with Gasteiger partial charge in [-0.1, -0.05) is 24.3 Å². The van der Waals surface area contributed by atoms with Crippen LogP contribution in [0.2, 0.25) is 0 Å². The molecule has 0 saturated carbocycles. The molecule has 0 bridgehead atoms. The number of H-pyrrole nitrogens is 1. The van der Waals surface area contributed by atoms with E-state index in [-0.39, 0.29) is 11.9 Å². The fourth-order valence-electron chi connectivity index (χ4n) is 2.78. The number of aromatic amines is 1. The highest BCUT2D eigenvalue weighted by Crippen LogP contribution is 2.40. The maximum absolute atomic E-state index is 12.2. The van der Waals surface area contributed by atoms with E-state index in [2.05, 4.69) is 15.3 Å². The maximum Gasteiger partial charge on any atom is 0.311 e. The molecule has 0 saturated heterocycles. The zero-order valence-electron chi connectivity index (χ0n) is 11.5. The molecule has 2 atom stereocenters. The Morgan fingerprint density at radius 1 is 1.33 bits per heavy atom. The number of carbonyl (C=O) groups is 2. The number of rotatable bonds is 3. The van der Waals surface area contributed by atoms with Crippen LogP contribution in [0.4, 0.5) is 0 Å². The van der Waals surface area contributed by atoms with Crippen LogP contribution in [0.25, 0.3) is 0 Å². The van der Waals surface area contributed by atoms with Crippen LogP contribution in [-0.2, 0) is 4.79 Å². The molecule has 2 unspecified atom stereocenters. The number of aryl methyl sites for hydroxylation is 1. The van der Waals surface area contributed by atoms with Crippen LogP contribution in [0.15, 0.2) is 30.5 Å². The van der Waals surface area contributed by atoms with Gasteiger partial charge in [0.05, 0.1) is 18.2 Å². The minimum absolute atomic E-state index is 0.276. The molecule has 1 aliphatic rings. The smallest absolute Gasteiger partial charge is 0.311 e. The van der Waals surface area contributed by atoms with Gasteiger partial charge in [0.25, 0.3) is 5.91 Å². The maximum atomic E-state index is 12.2. The van der Waals surface area contributed by atoms with Gasteiger partial charge in [-0.2, -0.15) is 0 Å². The van der Waals surface area contributed by atoms with E-state index in [1.807, 2.05) is 18.2 Å². The zero-order chi connectivity index (χ0) is 15.0. The van der Waals surface area contributed by atoms with Crippen LogP contribution < -0.4 is 5.32 Å². The van der Waals surface area contributed by atoms with E-state index in [1.165, 1.54) is 6.20 Å². The molecule has 0 aliphatic heterocycles. The second-order valence-electron chi connectivity index (χ2n) is 5.16. The van der Waals surface area contributed by atoms with Gasteiger partial charge < -0.3 is 15.4 Å². The molecule has 21 heavy (non-hydrogen) atoms. The van der Waals surface area contributed by atoms with E-state index in [9.17, 15) is 14.7 Å². The number of amides is 1. The lowest BCUT2D eigenvalue weighted by atomic mass is 10.0. The Bertz CT molecular complexity index is 708. The number of nitrogens with zero attached hydrogens (tertiary/aromatic N) is 1. The summed E-state index contributed by atoms with van der Waals surface area (Å²) in [5, 5.41) is 12.2. The summed E-state index contributed by atoms with van der Waals surface area (Å²) in [5.41, 5.74) is 2.02. The highest BCUT2D eigenvalue weighted by molar-refractivity contribution is 5.92. The van der Waals surface area contributed by atoms with Gasteiger partial charge in [0, 0.05) is 0 Å². The summed E-state index contributed by atoms with van der Waals surface area (Å²) in [7, 11) is 0. The Morgan fingerprint density at radius 3 is 2.67 bits per heavy atom. The minimum atomic E-state index is -0.864. The third-order valence-corrected chi connectivity index (χ3v) is 3.77. The average Bonchev–Trinajstić information content (AvgIpc) is 3.04. The van der Waals surface area contributed by atoms with Crippen molar-refractivity contribution in [3.05, 3.63) is 53.1 Å². The van der Waals surface area contributed by atoms with Crippen LogP contribution in [0.3, 0.4) is 0 Å². The summed E-state index contributed by atoms with van der Waals surface area (Å²) in [6, 6.07) is 7.04. The number of fused-ring (bicyclic) bond motifs is 1. The van der Waals surface area contributed by atoms with Crippen LogP contribution in [0.5, 0.6) is 0 Å². The summed E-state index contributed by atoms with van der Waals surface area (Å²) in [4.78, 5) is 30.4. The van der Waals surface area contributed by atoms with Crippen LogP contribution in [0, 0.1) is 6.92 Å². The largest absolute Gasteiger partial charge is 0.481 e. The Kier molecular flexibility index (Phi) is 3.21. The molecule has 0 spiro atoms. The number of aliphatic carboxylic acids is 1. The van der Waals surface area contributed by atoms with Gasteiger partial charge in [0.2, 0.25) is 0 Å². The average molecular weight is 285 g/mol. The molecule has 1 amide bonds. The lowest BCUT2D eigenvalue weighted by Crippen LogP contribution is -2.27. The lowest BCUT2D eigenvalue weighted by Gasteiger charge is -2.13. The molecule has 3 N–H and O–H groups in total. The summed E-state index contributed by atoms with van der Waals surface area (Å²) in [6.07, 6.45) is 1.84. The number of carboxylic acid groups (broad SMARTS) is 1.